The van der Waals surface area contributed by atoms with Crippen molar-refractivity contribution in [2.75, 3.05) is 37.6 Å². The van der Waals surface area contributed by atoms with Gasteiger partial charge >= 0.3 is 0 Å². The first kappa shape index (κ1) is 15.4. The van der Waals surface area contributed by atoms with Crippen LogP contribution < -0.4 is 4.90 Å². The van der Waals surface area contributed by atoms with E-state index in [1.54, 1.807) is 4.90 Å². The lowest BCUT2D eigenvalue weighted by atomic mass is 10.2. The maximum absolute atomic E-state index is 14.0. The Bertz CT molecular complexity index is 456. The fourth-order valence-electron chi connectivity index (χ4n) is 2.45. The predicted octanol–water partition coefficient (Wildman–Crippen LogP) is 4.17. The molecule has 0 unspecified atom stereocenters. The van der Waals surface area contributed by atoms with Gasteiger partial charge in [-0.2, -0.15) is 0 Å². The summed E-state index contributed by atoms with van der Waals surface area (Å²) in [4.78, 5) is 2.84. The van der Waals surface area contributed by atoms with Crippen LogP contribution in [0.15, 0.2) is 23.1 Å². The van der Waals surface area contributed by atoms with Gasteiger partial charge in [-0.15, -0.1) is 11.7 Å². The van der Waals surface area contributed by atoms with Crippen molar-refractivity contribution in [1.82, 2.24) is 4.90 Å². The molecule has 0 aliphatic carbocycles. The zero-order chi connectivity index (χ0) is 14.8. The second-order valence-electron chi connectivity index (χ2n) is 4.82. The smallest absolute Gasteiger partial charge is 0.240 e. The van der Waals surface area contributed by atoms with Gasteiger partial charge in [-0.3, -0.25) is 4.90 Å². The highest BCUT2D eigenvalue weighted by atomic mass is 32.3. The van der Waals surface area contributed by atoms with Crippen LogP contribution in [0.4, 0.5) is 21.7 Å². The van der Waals surface area contributed by atoms with Crippen molar-refractivity contribution in [3.63, 3.8) is 0 Å². The summed E-state index contributed by atoms with van der Waals surface area (Å²) in [5.74, 6) is -1.13. The monoisotopic (exact) mass is 310 g/mol. The van der Waals surface area contributed by atoms with E-state index in [-0.39, 0.29) is 5.69 Å². The Morgan fingerprint density at radius 2 is 1.75 bits per heavy atom. The number of hydrogen-bond acceptors (Lipinski definition) is 2. The molecule has 0 amide bonds. The largest absolute Gasteiger partial charge is 0.367 e. The molecular formula is C13H18F4N2S. The van der Waals surface area contributed by atoms with Crippen LogP contribution in [0.3, 0.4) is 0 Å². The number of nitrogens with zero attached hydrogens (tertiary/aromatic N) is 2. The Kier molecular flexibility index (Phi) is 4.80. The molecule has 2 nitrogen and oxygen atoms in total. The molecule has 0 spiro atoms. The van der Waals surface area contributed by atoms with E-state index in [4.69, 9.17) is 0 Å². The van der Waals surface area contributed by atoms with Crippen molar-refractivity contribution >= 4 is 16.9 Å². The molecule has 1 fully saturated rings. The van der Waals surface area contributed by atoms with E-state index < -0.39 is 21.9 Å². The van der Waals surface area contributed by atoms with Gasteiger partial charge in [-0.1, -0.05) is 13.0 Å². The van der Waals surface area contributed by atoms with E-state index >= 15 is 0 Å². The van der Waals surface area contributed by atoms with Gasteiger partial charge in [-0.05, 0) is 25.1 Å². The number of benzene rings is 1. The van der Waals surface area contributed by atoms with E-state index in [0.29, 0.717) is 13.1 Å². The van der Waals surface area contributed by atoms with Crippen LogP contribution in [0, 0.1) is 5.82 Å². The third kappa shape index (κ3) is 3.38. The highest BCUT2D eigenvalue weighted by Gasteiger charge is 2.31. The van der Waals surface area contributed by atoms with Gasteiger partial charge in [0.15, 0.2) is 5.82 Å². The molecule has 2 rings (SSSR count). The third-order valence-electron chi connectivity index (χ3n) is 3.45. The van der Waals surface area contributed by atoms with Gasteiger partial charge in [0.1, 0.15) is 4.90 Å². The first-order chi connectivity index (χ1) is 9.43. The Morgan fingerprint density at radius 3 is 2.30 bits per heavy atom. The Labute approximate surface area is 118 Å². The maximum Gasteiger partial charge on any atom is 0.240 e. The zero-order valence-corrected chi connectivity index (χ0v) is 12.1. The zero-order valence-electron chi connectivity index (χ0n) is 11.3. The molecule has 0 N–H and O–H groups in total. The topological polar surface area (TPSA) is 6.48 Å². The predicted molar refractivity (Wildman–Crippen MR) is 74.5 cm³/mol. The minimum Gasteiger partial charge on any atom is -0.367 e. The molecule has 0 radical (unpaired) electrons. The van der Waals surface area contributed by atoms with Gasteiger partial charge in [0.05, 0.1) is 5.69 Å². The van der Waals surface area contributed by atoms with Crippen molar-refractivity contribution in [2.45, 2.75) is 18.2 Å². The van der Waals surface area contributed by atoms with Crippen molar-refractivity contribution in [2.24, 2.45) is 0 Å². The average Bonchev–Trinajstić information content (AvgIpc) is 2.39. The Morgan fingerprint density at radius 1 is 1.10 bits per heavy atom. The Hall–Kier alpha value is -0.950. The number of piperazine rings is 1. The van der Waals surface area contributed by atoms with E-state index in [9.17, 15) is 16.0 Å². The van der Waals surface area contributed by atoms with Crippen molar-refractivity contribution < 1.29 is 16.0 Å². The summed E-state index contributed by atoms with van der Waals surface area (Å²) in [6, 6.07) is 3.54. The van der Waals surface area contributed by atoms with Crippen LogP contribution in [0.2, 0.25) is 0 Å². The molecule has 0 saturated carbocycles. The van der Waals surface area contributed by atoms with Gasteiger partial charge < -0.3 is 4.90 Å². The number of hydrogen-bond donors (Lipinski definition) is 0. The molecule has 0 bridgehead atoms. The first-order valence-corrected chi connectivity index (χ1v) is 7.95. The van der Waals surface area contributed by atoms with E-state index in [2.05, 4.69) is 11.8 Å². The molecule has 1 heterocycles. The van der Waals surface area contributed by atoms with Gasteiger partial charge in [0, 0.05) is 26.2 Å². The van der Waals surface area contributed by atoms with Crippen LogP contribution >= 0.6 is 11.2 Å². The second-order valence-corrected chi connectivity index (χ2v) is 6.08. The molecule has 1 saturated heterocycles. The molecule has 20 heavy (non-hydrogen) atoms. The highest BCUT2D eigenvalue weighted by molar-refractivity contribution is 8.20. The average molecular weight is 310 g/mol. The summed E-state index contributed by atoms with van der Waals surface area (Å²) in [5, 5.41) is 0. The Balaban J connectivity index is 2.15. The van der Waals surface area contributed by atoms with Gasteiger partial charge in [0.25, 0.3) is 0 Å². The summed E-state index contributed by atoms with van der Waals surface area (Å²) in [6.45, 7) is 5.71. The summed E-state index contributed by atoms with van der Waals surface area (Å²) < 4.78 is 52.4. The molecule has 1 aliphatic rings. The van der Waals surface area contributed by atoms with E-state index in [1.807, 2.05) is 0 Å². The van der Waals surface area contributed by atoms with Gasteiger partial charge in [-0.25, -0.2) is 4.39 Å². The second kappa shape index (κ2) is 6.22. The van der Waals surface area contributed by atoms with Crippen molar-refractivity contribution in [1.29, 1.82) is 0 Å². The maximum atomic E-state index is 14.0. The molecular weight excluding hydrogens is 292 g/mol. The van der Waals surface area contributed by atoms with Crippen LogP contribution in [0.1, 0.15) is 13.3 Å². The lowest BCUT2D eigenvalue weighted by molar-refractivity contribution is 0.257. The van der Waals surface area contributed by atoms with Crippen LogP contribution in [-0.2, 0) is 0 Å². The number of halogens is 4. The molecule has 0 aromatic heterocycles. The summed E-state index contributed by atoms with van der Waals surface area (Å²) in [5.41, 5.74) is 0.0727. The SMILES string of the molecule is CCCN1CCN(c2cccc(S(F)(F)F)c2F)CC1. The molecule has 1 aromatic carbocycles. The highest BCUT2D eigenvalue weighted by Crippen LogP contribution is 2.62. The molecule has 1 aliphatic heterocycles. The molecule has 114 valence electrons. The number of anilines is 1. The van der Waals surface area contributed by atoms with Crippen LogP contribution in [0.25, 0.3) is 0 Å². The molecule has 0 atom stereocenters. The fraction of sp³-hybridized carbons (Fsp3) is 0.538. The number of rotatable bonds is 4. The van der Waals surface area contributed by atoms with Crippen molar-refractivity contribution in [3.05, 3.63) is 24.0 Å². The summed E-state index contributed by atoms with van der Waals surface area (Å²) in [6.07, 6.45) is 1.04. The molecule has 7 heteroatoms. The van der Waals surface area contributed by atoms with E-state index in [0.717, 1.165) is 32.1 Å². The molecule has 1 aromatic rings. The summed E-state index contributed by atoms with van der Waals surface area (Å²) in [7, 11) is 0. The normalized spacial score (nSPS) is 18.4. The van der Waals surface area contributed by atoms with Crippen LogP contribution in [-0.4, -0.2) is 37.6 Å². The lowest BCUT2D eigenvalue weighted by Crippen LogP contribution is -2.46. The minimum absolute atomic E-state index is 0.0727. The first-order valence-electron chi connectivity index (χ1n) is 6.61. The van der Waals surface area contributed by atoms with Gasteiger partial charge in [0.2, 0.25) is 11.2 Å². The minimum atomic E-state index is -5.53. The third-order valence-corrected chi connectivity index (χ3v) is 4.26. The standard InChI is InChI=1S/C13H18F4N2S/c1-2-6-18-7-9-19(10-8-18)11-4-3-5-12(13(11)14)20(15,16)17/h3-5H,2,6-10H2,1H3. The lowest BCUT2D eigenvalue weighted by Gasteiger charge is -2.36. The summed E-state index contributed by atoms with van der Waals surface area (Å²) >= 11 is -5.53. The quantitative estimate of drug-likeness (QED) is 0.770. The van der Waals surface area contributed by atoms with Crippen LogP contribution in [0.5, 0.6) is 0 Å². The van der Waals surface area contributed by atoms with Crippen molar-refractivity contribution in [3.8, 4) is 0 Å². The van der Waals surface area contributed by atoms with E-state index in [1.165, 1.54) is 12.1 Å². The fourth-order valence-corrected chi connectivity index (χ4v) is 2.99.